The molecule has 1 aliphatic rings. The zero-order chi connectivity index (χ0) is 10.7. The fourth-order valence-electron chi connectivity index (χ4n) is 2.05. The van der Waals surface area contributed by atoms with Gasteiger partial charge in [-0.05, 0) is 31.9 Å². The van der Waals surface area contributed by atoms with Crippen LogP contribution in [-0.2, 0) is 19.4 Å². The Hall–Kier alpha value is -0.610. The van der Waals surface area contributed by atoms with Gasteiger partial charge in [0.2, 0.25) is 0 Å². The Morgan fingerprint density at radius 1 is 1.20 bits per heavy atom. The SMILES string of the molecule is CSc1nc(CN)nc2c1CCCCC2. The standard InChI is InChI=1S/C11H17N3S/c1-15-11-8-5-3-2-4-6-9(8)13-10(7-12)14-11/h2-7,12H2,1H3. The van der Waals surface area contributed by atoms with E-state index < -0.39 is 0 Å². The Kier molecular flexibility index (Phi) is 3.59. The zero-order valence-corrected chi connectivity index (χ0v) is 9.94. The zero-order valence-electron chi connectivity index (χ0n) is 9.12. The van der Waals surface area contributed by atoms with E-state index in [0.29, 0.717) is 6.54 Å². The average Bonchev–Trinajstić information content (AvgIpc) is 2.52. The first-order valence-corrected chi connectivity index (χ1v) is 6.70. The molecule has 0 saturated carbocycles. The van der Waals surface area contributed by atoms with E-state index in [-0.39, 0.29) is 0 Å². The summed E-state index contributed by atoms with van der Waals surface area (Å²) in [6, 6.07) is 0. The number of aromatic nitrogens is 2. The van der Waals surface area contributed by atoms with Crippen molar-refractivity contribution in [1.29, 1.82) is 0 Å². The van der Waals surface area contributed by atoms with Crippen molar-refractivity contribution in [2.45, 2.75) is 43.7 Å². The number of nitrogens with two attached hydrogens (primary N) is 1. The van der Waals surface area contributed by atoms with Crippen molar-refractivity contribution in [1.82, 2.24) is 9.97 Å². The van der Waals surface area contributed by atoms with Crippen LogP contribution in [0.15, 0.2) is 5.03 Å². The van der Waals surface area contributed by atoms with Gasteiger partial charge in [0.15, 0.2) is 0 Å². The molecule has 0 unspecified atom stereocenters. The summed E-state index contributed by atoms with van der Waals surface area (Å²) < 4.78 is 0. The van der Waals surface area contributed by atoms with Crippen LogP contribution in [-0.4, -0.2) is 16.2 Å². The Labute approximate surface area is 94.9 Å². The van der Waals surface area contributed by atoms with E-state index in [2.05, 4.69) is 16.2 Å². The van der Waals surface area contributed by atoms with Crippen LogP contribution >= 0.6 is 11.8 Å². The van der Waals surface area contributed by atoms with Crippen LogP contribution < -0.4 is 5.73 Å². The molecule has 0 spiro atoms. The smallest absolute Gasteiger partial charge is 0.143 e. The second-order valence-electron chi connectivity index (χ2n) is 3.84. The maximum Gasteiger partial charge on any atom is 0.143 e. The Bertz CT molecular complexity index is 352. The van der Waals surface area contributed by atoms with Crippen molar-refractivity contribution in [3.63, 3.8) is 0 Å². The lowest BCUT2D eigenvalue weighted by molar-refractivity contribution is 0.707. The number of rotatable bonds is 2. The van der Waals surface area contributed by atoms with Crippen molar-refractivity contribution < 1.29 is 0 Å². The Balaban J connectivity index is 2.45. The van der Waals surface area contributed by atoms with E-state index in [1.54, 1.807) is 11.8 Å². The van der Waals surface area contributed by atoms with E-state index in [1.807, 2.05) is 0 Å². The highest BCUT2D eigenvalue weighted by atomic mass is 32.2. The lowest BCUT2D eigenvalue weighted by Gasteiger charge is -2.10. The molecule has 1 aromatic rings. The molecule has 0 aromatic carbocycles. The summed E-state index contributed by atoms with van der Waals surface area (Å²) in [4.78, 5) is 9.04. The number of fused-ring (bicyclic) bond motifs is 1. The quantitative estimate of drug-likeness (QED) is 0.473. The van der Waals surface area contributed by atoms with E-state index >= 15 is 0 Å². The summed E-state index contributed by atoms with van der Waals surface area (Å²) in [5.74, 6) is 0.792. The lowest BCUT2D eigenvalue weighted by atomic mass is 10.1. The molecule has 0 fully saturated rings. The molecule has 0 radical (unpaired) electrons. The molecule has 3 nitrogen and oxygen atoms in total. The highest BCUT2D eigenvalue weighted by Gasteiger charge is 2.15. The van der Waals surface area contributed by atoms with Gasteiger partial charge in [0.25, 0.3) is 0 Å². The summed E-state index contributed by atoms with van der Waals surface area (Å²) in [5.41, 5.74) is 8.23. The van der Waals surface area contributed by atoms with Gasteiger partial charge in [0, 0.05) is 11.3 Å². The maximum atomic E-state index is 5.61. The third kappa shape index (κ3) is 2.32. The molecular weight excluding hydrogens is 206 g/mol. The number of hydrogen-bond acceptors (Lipinski definition) is 4. The summed E-state index contributed by atoms with van der Waals surface area (Å²) >= 11 is 1.72. The molecule has 2 rings (SSSR count). The van der Waals surface area contributed by atoms with Gasteiger partial charge in [-0.3, -0.25) is 0 Å². The topological polar surface area (TPSA) is 51.8 Å². The van der Waals surface area contributed by atoms with Gasteiger partial charge in [0.05, 0.1) is 6.54 Å². The summed E-state index contributed by atoms with van der Waals surface area (Å²) in [6.07, 6.45) is 8.14. The average molecular weight is 223 g/mol. The van der Waals surface area contributed by atoms with Gasteiger partial charge in [0.1, 0.15) is 10.9 Å². The van der Waals surface area contributed by atoms with Crippen LogP contribution in [0.4, 0.5) is 0 Å². The van der Waals surface area contributed by atoms with Gasteiger partial charge in [-0.25, -0.2) is 9.97 Å². The monoisotopic (exact) mass is 223 g/mol. The second-order valence-corrected chi connectivity index (χ2v) is 4.63. The first-order valence-electron chi connectivity index (χ1n) is 5.48. The normalized spacial score (nSPS) is 15.9. The molecule has 1 heterocycles. The van der Waals surface area contributed by atoms with Gasteiger partial charge in [-0.1, -0.05) is 6.42 Å². The third-order valence-corrected chi connectivity index (χ3v) is 3.54. The molecule has 15 heavy (non-hydrogen) atoms. The first kappa shape index (κ1) is 10.9. The number of aryl methyl sites for hydroxylation is 1. The molecule has 1 aliphatic carbocycles. The molecular formula is C11H17N3S. The minimum absolute atomic E-state index is 0.445. The van der Waals surface area contributed by atoms with Crippen molar-refractivity contribution >= 4 is 11.8 Å². The first-order chi connectivity index (χ1) is 7.35. The largest absolute Gasteiger partial charge is 0.324 e. The highest BCUT2D eigenvalue weighted by molar-refractivity contribution is 7.98. The van der Waals surface area contributed by atoms with Gasteiger partial charge >= 0.3 is 0 Å². The fraction of sp³-hybridized carbons (Fsp3) is 0.636. The van der Waals surface area contributed by atoms with Crippen molar-refractivity contribution in [2.75, 3.05) is 6.26 Å². The van der Waals surface area contributed by atoms with Crippen LogP contribution in [0.2, 0.25) is 0 Å². The molecule has 1 aromatic heterocycles. The van der Waals surface area contributed by atoms with E-state index in [4.69, 9.17) is 5.73 Å². The van der Waals surface area contributed by atoms with Gasteiger partial charge < -0.3 is 5.73 Å². The fourth-order valence-corrected chi connectivity index (χ4v) is 2.71. The predicted octanol–water partition coefficient (Wildman–Crippen LogP) is 1.93. The minimum Gasteiger partial charge on any atom is -0.324 e. The number of hydrogen-bond donors (Lipinski definition) is 1. The van der Waals surface area contributed by atoms with E-state index in [1.165, 1.54) is 30.5 Å². The third-order valence-electron chi connectivity index (χ3n) is 2.82. The lowest BCUT2D eigenvalue weighted by Crippen LogP contribution is -2.09. The molecule has 0 amide bonds. The van der Waals surface area contributed by atoms with Crippen LogP contribution in [0.1, 0.15) is 36.3 Å². The number of nitrogens with zero attached hydrogens (tertiary/aromatic N) is 2. The van der Waals surface area contributed by atoms with Crippen LogP contribution in [0.5, 0.6) is 0 Å². The predicted molar refractivity (Wildman–Crippen MR) is 63.0 cm³/mol. The number of thioether (sulfide) groups is 1. The van der Waals surface area contributed by atoms with Crippen LogP contribution in [0.3, 0.4) is 0 Å². The summed E-state index contributed by atoms with van der Waals surface area (Å²) in [6.45, 7) is 0.445. The Morgan fingerprint density at radius 2 is 2.00 bits per heavy atom. The highest BCUT2D eigenvalue weighted by Crippen LogP contribution is 2.26. The summed E-state index contributed by atoms with van der Waals surface area (Å²) in [5, 5.41) is 1.14. The molecule has 0 saturated heterocycles. The van der Waals surface area contributed by atoms with E-state index in [9.17, 15) is 0 Å². The minimum atomic E-state index is 0.445. The van der Waals surface area contributed by atoms with Crippen molar-refractivity contribution in [2.24, 2.45) is 5.73 Å². The molecule has 0 atom stereocenters. The molecule has 4 heteroatoms. The van der Waals surface area contributed by atoms with Crippen LogP contribution in [0, 0.1) is 0 Å². The van der Waals surface area contributed by atoms with Gasteiger partial charge in [-0.2, -0.15) is 0 Å². The Morgan fingerprint density at radius 3 is 2.73 bits per heavy atom. The molecule has 2 N–H and O–H groups in total. The molecule has 0 aliphatic heterocycles. The molecule has 82 valence electrons. The summed E-state index contributed by atoms with van der Waals surface area (Å²) in [7, 11) is 0. The van der Waals surface area contributed by atoms with Gasteiger partial charge in [-0.15, -0.1) is 11.8 Å². The van der Waals surface area contributed by atoms with E-state index in [0.717, 1.165) is 23.7 Å². The maximum absolute atomic E-state index is 5.61. The van der Waals surface area contributed by atoms with Crippen molar-refractivity contribution in [3.8, 4) is 0 Å². The molecule has 0 bridgehead atoms. The van der Waals surface area contributed by atoms with Crippen LogP contribution in [0.25, 0.3) is 0 Å². The van der Waals surface area contributed by atoms with Crippen molar-refractivity contribution in [3.05, 3.63) is 17.1 Å². The second kappa shape index (κ2) is 4.94.